The van der Waals surface area contributed by atoms with Crippen molar-refractivity contribution in [3.05, 3.63) is 28.0 Å². The van der Waals surface area contributed by atoms with Crippen LogP contribution in [0.15, 0.2) is 16.6 Å². The van der Waals surface area contributed by atoms with Crippen LogP contribution in [0.1, 0.15) is 44.1 Å². The fraction of sp³-hybridized carbons (Fsp3) is 0.600. The van der Waals surface area contributed by atoms with E-state index in [-0.39, 0.29) is 16.6 Å². The lowest BCUT2D eigenvalue weighted by Crippen LogP contribution is -2.22. The fourth-order valence-corrected chi connectivity index (χ4v) is 4.05. The Labute approximate surface area is 127 Å². The predicted octanol–water partition coefficient (Wildman–Crippen LogP) is 5.70. The van der Waals surface area contributed by atoms with Crippen LogP contribution in [0.5, 0.6) is 5.75 Å². The summed E-state index contributed by atoms with van der Waals surface area (Å²) in [6.45, 7) is 4.51. The second-order valence-corrected chi connectivity index (χ2v) is 7.22. The van der Waals surface area contributed by atoms with E-state index in [0.717, 1.165) is 12.0 Å². The van der Waals surface area contributed by atoms with Crippen LogP contribution in [0.4, 0.5) is 4.39 Å². The third-order valence-corrected chi connectivity index (χ3v) is 5.41. The van der Waals surface area contributed by atoms with Gasteiger partial charge in [0.05, 0.1) is 17.0 Å². The van der Waals surface area contributed by atoms with Gasteiger partial charge in [0, 0.05) is 11.6 Å². The molecule has 0 saturated heterocycles. The predicted molar refractivity (Wildman–Crippen MR) is 80.4 cm³/mol. The number of ether oxygens (including phenoxy) is 1. The second-order valence-electron chi connectivity index (χ2n) is 5.90. The van der Waals surface area contributed by atoms with Crippen LogP contribution in [0.3, 0.4) is 0 Å². The summed E-state index contributed by atoms with van der Waals surface area (Å²) in [5, 5.41) is -0.149. The summed E-state index contributed by atoms with van der Waals surface area (Å²) in [6.07, 6.45) is 3.50. The first-order valence-electron chi connectivity index (χ1n) is 6.54. The molecule has 2 rings (SSSR count). The lowest BCUT2D eigenvalue weighted by molar-refractivity contribution is 0.249. The van der Waals surface area contributed by atoms with E-state index >= 15 is 0 Å². The van der Waals surface area contributed by atoms with Crippen molar-refractivity contribution in [2.45, 2.75) is 38.5 Å². The van der Waals surface area contributed by atoms with Crippen LogP contribution in [0.2, 0.25) is 0 Å². The maximum absolute atomic E-state index is 13.6. The van der Waals surface area contributed by atoms with E-state index in [4.69, 9.17) is 16.3 Å². The molecule has 0 aliphatic heterocycles. The SMILES string of the molecule is COc1cc(F)c(Br)cc1C(Cl)C1CCCC1(C)C. The molecule has 0 N–H and O–H groups in total. The Morgan fingerprint density at radius 2 is 2.16 bits per heavy atom. The topological polar surface area (TPSA) is 9.23 Å². The van der Waals surface area contributed by atoms with Crippen molar-refractivity contribution < 1.29 is 9.13 Å². The number of hydrogen-bond acceptors (Lipinski definition) is 1. The quantitative estimate of drug-likeness (QED) is 0.636. The minimum atomic E-state index is -0.324. The van der Waals surface area contributed by atoms with Gasteiger partial charge in [-0.1, -0.05) is 20.3 Å². The van der Waals surface area contributed by atoms with Gasteiger partial charge in [-0.3, -0.25) is 0 Å². The molecule has 19 heavy (non-hydrogen) atoms. The van der Waals surface area contributed by atoms with E-state index in [1.165, 1.54) is 18.9 Å². The lowest BCUT2D eigenvalue weighted by atomic mass is 9.78. The smallest absolute Gasteiger partial charge is 0.141 e. The molecule has 0 amide bonds. The average Bonchev–Trinajstić information content (AvgIpc) is 2.71. The van der Waals surface area contributed by atoms with E-state index in [1.54, 1.807) is 13.2 Å². The van der Waals surface area contributed by atoms with E-state index in [9.17, 15) is 4.39 Å². The molecule has 1 aliphatic rings. The van der Waals surface area contributed by atoms with E-state index < -0.39 is 0 Å². The molecule has 1 aromatic carbocycles. The lowest BCUT2D eigenvalue weighted by Gasteiger charge is -2.31. The normalized spacial score (nSPS) is 23.4. The molecule has 1 aromatic rings. The van der Waals surface area contributed by atoms with Crippen molar-refractivity contribution in [2.24, 2.45) is 11.3 Å². The van der Waals surface area contributed by atoms with Crippen molar-refractivity contribution >= 4 is 27.5 Å². The van der Waals surface area contributed by atoms with Crippen LogP contribution in [0.25, 0.3) is 0 Å². The summed E-state index contributed by atoms with van der Waals surface area (Å²) in [5.41, 5.74) is 1.09. The molecule has 0 bridgehead atoms. The number of alkyl halides is 1. The standard InChI is InChI=1S/C15H19BrClFO/c1-15(2)6-4-5-10(15)14(17)9-7-11(16)12(18)8-13(9)19-3/h7-8,10,14H,4-6H2,1-3H3. The maximum Gasteiger partial charge on any atom is 0.141 e. The summed E-state index contributed by atoms with van der Waals surface area (Å²) < 4.78 is 19.3. The monoisotopic (exact) mass is 348 g/mol. The highest BCUT2D eigenvalue weighted by Crippen LogP contribution is 2.52. The molecule has 2 unspecified atom stereocenters. The van der Waals surface area contributed by atoms with Gasteiger partial charge in [-0.15, -0.1) is 11.6 Å². The van der Waals surface area contributed by atoms with Gasteiger partial charge in [0.25, 0.3) is 0 Å². The van der Waals surface area contributed by atoms with Crippen molar-refractivity contribution in [3.8, 4) is 5.75 Å². The third kappa shape index (κ3) is 2.92. The van der Waals surface area contributed by atoms with Crippen molar-refractivity contribution in [1.29, 1.82) is 0 Å². The summed E-state index contributed by atoms with van der Waals surface area (Å²) in [7, 11) is 1.55. The molecule has 4 heteroatoms. The maximum atomic E-state index is 13.6. The van der Waals surface area contributed by atoms with Crippen LogP contribution >= 0.6 is 27.5 Å². The van der Waals surface area contributed by atoms with Crippen LogP contribution in [-0.4, -0.2) is 7.11 Å². The van der Waals surface area contributed by atoms with Gasteiger partial charge in [-0.05, 0) is 46.2 Å². The molecule has 1 nitrogen and oxygen atoms in total. The van der Waals surface area contributed by atoms with E-state index in [0.29, 0.717) is 16.1 Å². The molecule has 0 aromatic heterocycles. The Kier molecular flexibility index (Phi) is 4.46. The number of benzene rings is 1. The molecule has 0 heterocycles. The zero-order valence-electron chi connectivity index (χ0n) is 11.5. The molecule has 0 radical (unpaired) electrons. The van der Waals surface area contributed by atoms with Crippen LogP contribution in [0, 0.1) is 17.2 Å². The van der Waals surface area contributed by atoms with Gasteiger partial charge < -0.3 is 4.74 Å². The van der Waals surface area contributed by atoms with Crippen LogP contribution < -0.4 is 4.74 Å². The molecule has 106 valence electrons. The van der Waals surface area contributed by atoms with Gasteiger partial charge in [0.1, 0.15) is 11.6 Å². The summed E-state index contributed by atoms with van der Waals surface area (Å²) in [6, 6.07) is 3.15. The molecular weight excluding hydrogens is 331 g/mol. The summed E-state index contributed by atoms with van der Waals surface area (Å²) in [5.74, 6) is 0.596. The first-order chi connectivity index (χ1) is 8.86. The highest BCUT2D eigenvalue weighted by atomic mass is 79.9. The number of methoxy groups -OCH3 is 1. The zero-order chi connectivity index (χ0) is 14.2. The Morgan fingerprint density at radius 3 is 2.68 bits per heavy atom. The van der Waals surface area contributed by atoms with Gasteiger partial charge in [0.2, 0.25) is 0 Å². The number of rotatable bonds is 3. The molecule has 1 saturated carbocycles. The van der Waals surface area contributed by atoms with Crippen molar-refractivity contribution in [2.75, 3.05) is 7.11 Å². The molecule has 1 fully saturated rings. The average molecular weight is 350 g/mol. The van der Waals surface area contributed by atoms with E-state index in [2.05, 4.69) is 29.8 Å². The first-order valence-corrected chi connectivity index (χ1v) is 7.77. The zero-order valence-corrected chi connectivity index (χ0v) is 13.8. The van der Waals surface area contributed by atoms with E-state index in [1.807, 2.05) is 0 Å². The molecular formula is C15H19BrClFO. The minimum Gasteiger partial charge on any atom is -0.496 e. The van der Waals surface area contributed by atoms with Gasteiger partial charge in [0.15, 0.2) is 0 Å². The highest BCUT2D eigenvalue weighted by Gasteiger charge is 2.40. The Hall–Kier alpha value is -0.280. The molecule has 0 spiro atoms. The Morgan fingerprint density at radius 1 is 1.47 bits per heavy atom. The van der Waals surface area contributed by atoms with Crippen LogP contribution in [-0.2, 0) is 0 Å². The first kappa shape index (κ1) is 15.1. The highest BCUT2D eigenvalue weighted by molar-refractivity contribution is 9.10. The summed E-state index contributed by atoms with van der Waals surface area (Å²) >= 11 is 9.91. The molecule has 1 aliphatic carbocycles. The number of halogens is 3. The minimum absolute atomic E-state index is 0.149. The van der Waals surface area contributed by atoms with Gasteiger partial charge in [-0.2, -0.15) is 0 Å². The van der Waals surface area contributed by atoms with Crippen molar-refractivity contribution in [1.82, 2.24) is 0 Å². The largest absolute Gasteiger partial charge is 0.496 e. The fourth-order valence-electron chi connectivity index (χ4n) is 3.05. The molecule has 2 atom stereocenters. The third-order valence-electron chi connectivity index (χ3n) is 4.26. The Bertz CT molecular complexity index is 475. The number of hydrogen-bond donors (Lipinski definition) is 0. The van der Waals surface area contributed by atoms with Gasteiger partial charge >= 0.3 is 0 Å². The summed E-state index contributed by atoms with van der Waals surface area (Å²) in [4.78, 5) is 0. The van der Waals surface area contributed by atoms with Gasteiger partial charge in [-0.25, -0.2) is 4.39 Å². The second kappa shape index (κ2) is 5.61. The van der Waals surface area contributed by atoms with Crippen molar-refractivity contribution in [3.63, 3.8) is 0 Å². The Balaban J connectivity index is 2.38.